The van der Waals surface area contributed by atoms with Crippen LogP contribution in [0.3, 0.4) is 0 Å². The van der Waals surface area contributed by atoms with Crippen molar-refractivity contribution in [3.05, 3.63) is 49.7 Å². The molecule has 8 nitrogen and oxygen atoms in total. The number of thiazole rings is 1. The van der Waals surface area contributed by atoms with E-state index in [9.17, 15) is 14.4 Å². The molecule has 5 rings (SSSR count). The van der Waals surface area contributed by atoms with Gasteiger partial charge < -0.3 is 4.90 Å². The Hall–Kier alpha value is -2.26. The maximum Gasteiger partial charge on any atom is 0.328 e. The van der Waals surface area contributed by atoms with Gasteiger partial charge >= 0.3 is 5.69 Å². The topological polar surface area (TPSA) is 91.3 Å². The van der Waals surface area contributed by atoms with Crippen molar-refractivity contribution < 1.29 is 4.79 Å². The molecule has 0 aliphatic carbocycles. The second kappa shape index (κ2) is 7.16. The molecule has 1 amide bonds. The van der Waals surface area contributed by atoms with E-state index in [0.29, 0.717) is 5.92 Å². The second-order valence-electron chi connectivity index (χ2n) is 7.06. The van der Waals surface area contributed by atoms with Crippen LogP contribution in [0.2, 0.25) is 0 Å². The van der Waals surface area contributed by atoms with Crippen molar-refractivity contribution in [3.8, 4) is 0 Å². The largest absolute Gasteiger partial charge is 0.337 e. The number of H-pyrrole nitrogens is 1. The van der Waals surface area contributed by atoms with Crippen molar-refractivity contribution >= 4 is 17.2 Å². The molecule has 26 heavy (non-hydrogen) atoms. The van der Waals surface area contributed by atoms with Crippen LogP contribution in [-0.4, -0.2) is 55.9 Å². The summed E-state index contributed by atoms with van der Waals surface area (Å²) < 4.78 is 1.26. The Morgan fingerprint density at radius 3 is 2.92 bits per heavy atom. The first kappa shape index (κ1) is 17.2. The molecule has 2 unspecified atom stereocenters. The van der Waals surface area contributed by atoms with Gasteiger partial charge in [0.15, 0.2) is 0 Å². The standard InChI is InChI=1S/C17H21N5O3S/c23-15-3-4-21(17(25)19-15)9-16(24)22-6-12-1-2-14(22)8-20(5-12)7-13-10-26-11-18-13/h3-4,10-12,14H,1-2,5-9H2,(H,19,23,25). The Morgan fingerprint density at radius 2 is 2.15 bits per heavy atom. The van der Waals surface area contributed by atoms with Crippen LogP contribution in [0.25, 0.3) is 0 Å². The predicted molar refractivity (Wildman–Crippen MR) is 96.9 cm³/mol. The lowest BCUT2D eigenvalue weighted by Gasteiger charge is -2.36. The molecule has 138 valence electrons. The van der Waals surface area contributed by atoms with Gasteiger partial charge in [0.25, 0.3) is 5.56 Å². The monoisotopic (exact) mass is 375 g/mol. The van der Waals surface area contributed by atoms with Crippen molar-refractivity contribution in [2.45, 2.75) is 32.0 Å². The molecule has 2 aromatic rings. The van der Waals surface area contributed by atoms with Crippen molar-refractivity contribution in [2.24, 2.45) is 5.92 Å². The summed E-state index contributed by atoms with van der Waals surface area (Å²) in [7, 11) is 0. The van der Waals surface area contributed by atoms with Crippen LogP contribution in [0.4, 0.5) is 0 Å². The minimum absolute atomic E-state index is 0.0368. The number of carbonyl (C=O) groups is 1. The molecule has 3 aliphatic heterocycles. The molecule has 3 saturated heterocycles. The number of aromatic nitrogens is 3. The molecule has 0 spiro atoms. The Balaban J connectivity index is 1.46. The zero-order valence-corrected chi connectivity index (χ0v) is 15.2. The molecule has 9 heteroatoms. The Kier molecular flexibility index (Phi) is 4.73. The third kappa shape index (κ3) is 3.63. The van der Waals surface area contributed by atoms with Crippen molar-refractivity contribution in [2.75, 3.05) is 19.6 Å². The van der Waals surface area contributed by atoms with Crippen molar-refractivity contribution in [1.29, 1.82) is 0 Å². The fourth-order valence-corrected chi connectivity index (χ4v) is 4.51. The number of amides is 1. The maximum absolute atomic E-state index is 12.8. The van der Waals surface area contributed by atoms with Gasteiger partial charge in [-0.1, -0.05) is 0 Å². The molecular formula is C17H21N5O3S. The fourth-order valence-electron chi connectivity index (χ4n) is 3.96. The van der Waals surface area contributed by atoms with E-state index in [0.717, 1.165) is 44.7 Å². The van der Waals surface area contributed by atoms with Crippen molar-refractivity contribution in [1.82, 2.24) is 24.3 Å². The minimum atomic E-state index is -0.545. The van der Waals surface area contributed by atoms with Crippen LogP contribution in [0.15, 0.2) is 32.7 Å². The van der Waals surface area contributed by atoms with Gasteiger partial charge in [0.05, 0.1) is 11.2 Å². The van der Waals surface area contributed by atoms with Gasteiger partial charge in [-0.25, -0.2) is 9.78 Å². The van der Waals surface area contributed by atoms with Gasteiger partial charge in [-0.05, 0) is 18.8 Å². The third-order valence-electron chi connectivity index (χ3n) is 5.18. The summed E-state index contributed by atoms with van der Waals surface area (Å²) in [6.45, 7) is 3.31. The van der Waals surface area contributed by atoms with Gasteiger partial charge in [-0.15, -0.1) is 11.3 Å². The number of hydrogen-bond donors (Lipinski definition) is 1. The zero-order valence-electron chi connectivity index (χ0n) is 14.3. The predicted octanol–water partition coefficient (Wildman–Crippen LogP) is 0.116. The van der Waals surface area contributed by atoms with Crippen LogP contribution in [0.5, 0.6) is 0 Å². The fraction of sp³-hybridized carbons (Fsp3) is 0.529. The highest BCUT2D eigenvalue weighted by Gasteiger charge is 2.37. The Labute approximate surface area is 154 Å². The van der Waals surface area contributed by atoms with Gasteiger partial charge in [0.2, 0.25) is 5.91 Å². The van der Waals surface area contributed by atoms with E-state index in [4.69, 9.17) is 0 Å². The molecule has 5 heterocycles. The summed E-state index contributed by atoms with van der Waals surface area (Å²) >= 11 is 1.60. The van der Waals surface area contributed by atoms with E-state index in [1.807, 2.05) is 10.4 Å². The SMILES string of the molecule is O=C(Cn1ccc(=O)[nH]c1=O)N1CC2CCC1CN(Cc1cscn1)C2. The number of aromatic amines is 1. The zero-order chi connectivity index (χ0) is 18.1. The second-order valence-corrected chi connectivity index (χ2v) is 7.77. The van der Waals surface area contributed by atoms with Gasteiger partial charge in [-0.3, -0.25) is 24.0 Å². The molecule has 0 aromatic carbocycles. The van der Waals surface area contributed by atoms with Crippen LogP contribution >= 0.6 is 11.3 Å². The molecule has 1 N–H and O–H groups in total. The van der Waals surface area contributed by atoms with E-state index in [1.54, 1.807) is 11.3 Å². The molecule has 2 aromatic heterocycles. The smallest absolute Gasteiger partial charge is 0.328 e. The summed E-state index contributed by atoms with van der Waals surface area (Å²) in [6.07, 6.45) is 3.49. The number of rotatable bonds is 4. The molecular weight excluding hydrogens is 354 g/mol. The van der Waals surface area contributed by atoms with Crippen LogP contribution in [0, 0.1) is 5.92 Å². The number of fused-ring (bicyclic) bond motifs is 4. The first-order chi connectivity index (χ1) is 12.6. The lowest BCUT2D eigenvalue weighted by atomic mass is 9.95. The average Bonchev–Trinajstić information content (AvgIpc) is 2.96. The highest BCUT2D eigenvalue weighted by Crippen LogP contribution is 2.29. The van der Waals surface area contributed by atoms with E-state index in [1.165, 1.54) is 16.8 Å². The van der Waals surface area contributed by atoms with Crippen LogP contribution in [0.1, 0.15) is 18.5 Å². The summed E-state index contributed by atoms with van der Waals surface area (Å²) in [5.74, 6) is 0.382. The highest BCUT2D eigenvalue weighted by molar-refractivity contribution is 7.07. The molecule has 2 atom stereocenters. The molecule has 3 aliphatic rings. The van der Waals surface area contributed by atoms with E-state index < -0.39 is 11.2 Å². The number of piperidine rings is 1. The summed E-state index contributed by atoms with van der Waals surface area (Å²) in [4.78, 5) is 46.7. The first-order valence-corrected chi connectivity index (χ1v) is 9.71. The van der Waals surface area contributed by atoms with Crippen LogP contribution < -0.4 is 11.2 Å². The lowest BCUT2D eigenvalue weighted by Crippen LogP contribution is -2.49. The Morgan fingerprint density at radius 1 is 1.27 bits per heavy atom. The summed E-state index contributed by atoms with van der Waals surface area (Å²) in [5.41, 5.74) is 1.93. The van der Waals surface area contributed by atoms with Crippen molar-refractivity contribution in [3.63, 3.8) is 0 Å². The summed E-state index contributed by atoms with van der Waals surface area (Å²) in [6, 6.07) is 1.43. The molecule has 3 fully saturated rings. The van der Waals surface area contributed by atoms with Crippen LogP contribution in [-0.2, 0) is 17.9 Å². The van der Waals surface area contributed by atoms with Gasteiger partial charge in [-0.2, -0.15) is 0 Å². The summed E-state index contributed by atoms with van der Waals surface area (Å²) in [5, 5.41) is 2.07. The average molecular weight is 375 g/mol. The maximum atomic E-state index is 12.8. The highest BCUT2D eigenvalue weighted by atomic mass is 32.1. The minimum Gasteiger partial charge on any atom is -0.337 e. The van der Waals surface area contributed by atoms with E-state index in [-0.39, 0.29) is 18.5 Å². The normalized spacial score (nSPS) is 23.2. The van der Waals surface area contributed by atoms with E-state index in [2.05, 4.69) is 20.2 Å². The quantitative estimate of drug-likeness (QED) is 0.819. The lowest BCUT2D eigenvalue weighted by molar-refractivity contribution is -0.136. The third-order valence-corrected chi connectivity index (χ3v) is 5.82. The molecule has 0 radical (unpaired) electrons. The number of nitrogens with zero attached hydrogens (tertiary/aromatic N) is 4. The molecule has 2 bridgehead atoms. The molecule has 0 saturated carbocycles. The number of carbonyl (C=O) groups excluding carboxylic acids is 1. The Bertz CT molecular complexity index is 890. The number of nitrogens with one attached hydrogen (secondary N) is 1. The van der Waals surface area contributed by atoms with Gasteiger partial charge in [0, 0.05) is 49.9 Å². The number of hydrogen-bond acceptors (Lipinski definition) is 6. The van der Waals surface area contributed by atoms with Gasteiger partial charge in [0.1, 0.15) is 6.54 Å². The first-order valence-electron chi connectivity index (χ1n) is 8.77. The van der Waals surface area contributed by atoms with E-state index >= 15 is 0 Å².